The number of benzene rings is 1. The average Bonchev–Trinajstić information content (AvgIpc) is 3.32. The summed E-state index contributed by atoms with van der Waals surface area (Å²) in [6.07, 6.45) is 2.45. The Kier molecular flexibility index (Phi) is 7.21. The Bertz CT molecular complexity index is 1490. The maximum absolute atomic E-state index is 14.4. The van der Waals surface area contributed by atoms with E-state index in [1.807, 2.05) is 6.07 Å². The highest BCUT2D eigenvalue weighted by Gasteiger charge is 2.48. The van der Waals surface area contributed by atoms with Crippen LogP contribution >= 0.6 is 0 Å². The number of carbonyl (C=O) groups excluding carboxylic acids is 3. The van der Waals surface area contributed by atoms with E-state index < -0.39 is 60.4 Å². The molecule has 204 valence electrons. The lowest BCUT2D eigenvalue weighted by Gasteiger charge is -2.39. The molecule has 9 nitrogen and oxygen atoms in total. The van der Waals surface area contributed by atoms with Gasteiger partial charge in [0.2, 0.25) is 11.8 Å². The first-order chi connectivity index (χ1) is 19.2. The van der Waals surface area contributed by atoms with E-state index in [1.54, 1.807) is 30.3 Å². The standard InChI is InChI=1S/C28H23F3N6O3/c29-19-11-21(16-33-15-19)36(25(18-4-2-1-3-5-18)26(39)35-20-12-28(30,31)13-20)27(40)22-6-7-24(38)37(22)23-10-17(14-32)8-9-34-23/h1-5,8-11,15-16,20,22,25H,6-7,12-13H2,(H,35,39)/t22-,25?/m0/s1. The van der Waals surface area contributed by atoms with Crippen molar-refractivity contribution in [3.05, 3.63) is 84.1 Å². The zero-order valence-electron chi connectivity index (χ0n) is 21.0. The highest BCUT2D eigenvalue weighted by Crippen LogP contribution is 2.39. The molecule has 1 N–H and O–H groups in total. The molecule has 2 aromatic heterocycles. The molecule has 1 aliphatic carbocycles. The van der Waals surface area contributed by atoms with Crippen molar-refractivity contribution >= 4 is 29.2 Å². The molecule has 40 heavy (non-hydrogen) atoms. The van der Waals surface area contributed by atoms with Crippen LogP contribution in [0.1, 0.15) is 42.9 Å². The molecule has 5 rings (SSSR count). The molecule has 2 atom stereocenters. The molecular weight excluding hydrogens is 525 g/mol. The normalized spacial score (nSPS) is 18.9. The molecule has 0 radical (unpaired) electrons. The monoisotopic (exact) mass is 548 g/mol. The zero-order chi connectivity index (χ0) is 28.4. The van der Waals surface area contributed by atoms with Gasteiger partial charge >= 0.3 is 0 Å². The van der Waals surface area contributed by atoms with E-state index in [9.17, 15) is 32.8 Å². The van der Waals surface area contributed by atoms with E-state index >= 15 is 0 Å². The van der Waals surface area contributed by atoms with Crippen LogP contribution in [0.25, 0.3) is 0 Å². The minimum Gasteiger partial charge on any atom is -0.351 e. The zero-order valence-corrected chi connectivity index (χ0v) is 21.0. The number of halogens is 3. The summed E-state index contributed by atoms with van der Waals surface area (Å²) in [7, 11) is 0. The SMILES string of the molecule is N#Cc1ccnc(N2C(=O)CC[C@H]2C(=O)N(c2cncc(F)c2)C(C(=O)NC2CC(F)(F)C2)c2ccccc2)c1. The predicted molar refractivity (Wildman–Crippen MR) is 136 cm³/mol. The minimum absolute atomic E-state index is 0.0105. The third-order valence-electron chi connectivity index (χ3n) is 6.88. The van der Waals surface area contributed by atoms with E-state index in [1.165, 1.54) is 24.5 Å². The number of nitriles is 1. The smallest absolute Gasteiger partial charge is 0.252 e. The lowest BCUT2D eigenvalue weighted by atomic mass is 9.87. The fraction of sp³-hybridized carbons (Fsp3) is 0.286. The number of hydrogen-bond acceptors (Lipinski definition) is 6. The Morgan fingerprint density at radius 2 is 1.90 bits per heavy atom. The lowest BCUT2D eigenvalue weighted by molar-refractivity contribution is -0.133. The molecule has 0 bridgehead atoms. The Morgan fingerprint density at radius 3 is 2.58 bits per heavy atom. The van der Waals surface area contributed by atoms with Gasteiger partial charge in [0, 0.05) is 37.6 Å². The molecule has 2 fully saturated rings. The van der Waals surface area contributed by atoms with Crippen molar-refractivity contribution in [1.29, 1.82) is 5.26 Å². The van der Waals surface area contributed by atoms with Crippen LogP contribution in [0.4, 0.5) is 24.7 Å². The van der Waals surface area contributed by atoms with E-state index in [2.05, 4.69) is 15.3 Å². The van der Waals surface area contributed by atoms with Gasteiger partial charge in [0.05, 0.1) is 29.7 Å². The van der Waals surface area contributed by atoms with Gasteiger partial charge in [-0.05, 0) is 24.1 Å². The molecular formula is C28H23F3N6O3. The Morgan fingerprint density at radius 1 is 1.15 bits per heavy atom. The number of rotatable bonds is 7. The van der Waals surface area contributed by atoms with Gasteiger partial charge in [-0.1, -0.05) is 30.3 Å². The molecule has 3 amide bonds. The van der Waals surface area contributed by atoms with Crippen LogP contribution in [0.2, 0.25) is 0 Å². The number of aromatic nitrogens is 2. The molecule has 1 unspecified atom stereocenters. The van der Waals surface area contributed by atoms with Crippen molar-refractivity contribution in [3.8, 4) is 6.07 Å². The van der Waals surface area contributed by atoms with Crippen LogP contribution in [0.5, 0.6) is 0 Å². The van der Waals surface area contributed by atoms with Crippen molar-refractivity contribution < 1.29 is 27.6 Å². The van der Waals surface area contributed by atoms with E-state index in [4.69, 9.17) is 0 Å². The fourth-order valence-corrected chi connectivity index (χ4v) is 5.02. The fourth-order valence-electron chi connectivity index (χ4n) is 5.02. The molecule has 12 heteroatoms. The Labute approximate surface area is 227 Å². The molecule has 1 saturated carbocycles. The third kappa shape index (κ3) is 5.36. The van der Waals surface area contributed by atoms with Gasteiger partial charge < -0.3 is 5.32 Å². The summed E-state index contributed by atoms with van der Waals surface area (Å²) in [5, 5.41) is 11.9. The van der Waals surface area contributed by atoms with Crippen LogP contribution in [0.3, 0.4) is 0 Å². The first-order valence-corrected chi connectivity index (χ1v) is 12.5. The summed E-state index contributed by atoms with van der Waals surface area (Å²) in [5.41, 5.74) is 0.496. The molecule has 1 aliphatic heterocycles. The molecule has 3 heterocycles. The van der Waals surface area contributed by atoms with Crippen molar-refractivity contribution in [2.75, 3.05) is 9.80 Å². The van der Waals surface area contributed by atoms with Crippen LogP contribution in [0, 0.1) is 17.1 Å². The minimum atomic E-state index is -2.89. The van der Waals surface area contributed by atoms with Gasteiger partial charge in [-0.2, -0.15) is 5.26 Å². The van der Waals surface area contributed by atoms with Gasteiger partial charge in [0.1, 0.15) is 23.7 Å². The van der Waals surface area contributed by atoms with Crippen LogP contribution < -0.4 is 15.1 Å². The quantitative estimate of drug-likeness (QED) is 0.481. The molecule has 0 spiro atoms. The second-order valence-corrected chi connectivity index (χ2v) is 9.69. The highest BCUT2D eigenvalue weighted by atomic mass is 19.3. The summed E-state index contributed by atoms with van der Waals surface area (Å²) < 4.78 is 41.5. The molecule has 2 aliphatic rings. The number of amides is 3. The number of pyridine rings is 2. The number of nitrogens with one attached hydrogen (secondary N) is 1. The first kappa shape index (κ1) is 26.8. The first-order valence-electron chi connectivity index (χ1n) is 12.5. The molecule has 1 saturated heterocycles. The van der Waals surface area contributed by atoms with Crippen molar-refractivity contribution in [3.63, 3.8) is 0 Å². The molecule has 3 aromatic rings. The van der Waals surface area contributed by atoms with Crippen molar-refractivity contribution in [1.82, 2.24) is 15.3 Å². The van der Waals surface area contributed by atoms with E-state index in [0.717, 1.165) is 22.1 Å². The summed E-state index contributed by atoms with van der Waals surface area (Å²) in [6, 6.07) is 10.6. The average molecular weight is 549 g/mol. The summed E-state index contributed by atoms with van der Waals surface area (Å²) in [4.78, 5) is 51.2. The van der Waals surface area contributed by atoms with E-state index in [-0.39, 0.29) is 29.9 Å². The predicted octanol–water partition coefficient (Wildman–Crippen LogP) is 3.67. The van der Waals surface area contributed by atoms with Gasteiger partial charge in [-0.25, -0.2) is 18.2 Å². The Balaban J connectivity index is 1.58. The van der Waals surface area contributed by atoms with Crippen LogP contribution in [-0.4, -0.2) is 45.7 Å². The van der Waals surface area contributed by atoms with Gasteiger partial charge in [-0.15, -0.1) is 0 Å². The van der Waals surface area contributed by atoms with E-state index in [0.29, 0.717) is 5.56 Å². The number of carbonyl (C=O) groups is 3. The second-order valence-electron chi connectivity index (χ2n) is 9.69. The maximum atomic E-state index is 14.4. The number of anilines is 2. The van der Waals surface area contributed by atoms with Crippen LogP contribution in [0.15, 0.2) is 67.1 Å². The topological polar surface area (TPSA) is 119 Å². The Hall–Kier alpha value is -4.79. The number of alkyl halides is 2. The van der Waals surface area contributed by atoms with Crippen LogP contribution in [-0.2, 0) is 14.4 Å². The summed E-state index contributed by atoms with van der Waals surface area (Å²) in [5.74, 6) is -5.48. The van der Waals surface area contributed by atoms with Gasteiger partial charge in [-0.3, -0.25) is 29.2 Å². The third-order valence-corrected chi connectivity index (χ3v) is 6.88. The van der Waals surface area contributed by atoms with Gasteiger partial charge in [0.15, 0.2) is 0 Å². The second kappa shape index (κ2) is 10.8. The molecule has 1 aromatic carbocycles. The summed E-state index contributed by atoms with van der Waals surface area (Å²) >= 11 is 0. The number of hydrogen-bond donors (Lipinski definition) is 1. The highest BCUT2D eigenvalue weighted by molar-refractivity contribution is 6.10. The van der Waals surface area contributed by atoms with Gasteiger partial charge in [0.25, 0.3) is 11.8 Å². The maximum Gasteiger partial charge on any atom is 0.252 e. The largest absolute Gasteiger partial charge is 0.351 e. The summed E-state index contributed by atoms with van der Waals surface area (Å²) in [6.45, 7) is 0. The number of nitrogens with zero attached hydrogens (tertiary/aromatic N) is 5. The van der Waals surface area contributed by atoms with Crippen molar-refractivity contribution in [2.24, 2.45) is 0 Å². The van der Waals surface area contributed by atoms with Crippen molar-refractivity contribution in [2.45, 2.75) is 49.7 Å². The lowest BCUT2D eigenvalue weighted by Crippen LogP contribution is -2.56.